The maximum Gasteiger partial charge on any atom is 0.375 e. The summed E-state index contributed by atoms with van der Waals surface area (Å²) in [4.78, 5) is 16.1. The van der Waals surface area contributed by atoms with Crippen molar-refractivity contribution in [3.05, 3.63) is 52.7 Å². The van der Waals surface area contributed by atoms with Crippen LogP contribution in [0.1, 0.15) is 46.6 Å². The summed E-state index contributed by atoms with van der Waals surface area (Å²) in [5, 5.41) is 0. The third kappa shape index (κ3) is 3.94. The van der Waals surface area contributed by atoms with Gasteiger partial charge in [-0.2, -0.15) is 0 Å². The lowest BCUT2D eigenvalue weighted by Gasteiger charge is -1.99. The van der Waals surface area contributed by atoms with E-state index < -0.39 is 5.97 Å². The second-order valence-corrected chi connectivity index (χ2v) is 5.11. The molecule has 21 heavy (non-hydrogen) atoms. The first-order valence-corrected chi connectivity index (χ1v) is 7.26. The van der Waals surface area contributed by atoms with Gasteiger partial charge in [-0.05, 0) is 25.3 Å². The standard InChI is InChI=1S/C17H21NO3/c1-4-5-14-16(17(19)20-3)21-15(18-14)11-10-13-8-6-12(2)7-9-13/h6-9H,4-5,10-11H2,1-3H3. The lowest BCUT2D eigenvalue weighted by molar-refractivity contribution is 0.0561. The Kier molecular flexibility index (Phi) is 5.14. The summed E-state index contributed by atoms with van der Waals surface area (Å²) in [7, 11) is 1.35. The summed E-state index contributed by atoms with van der Waals surface area (Å²) < 4.78 is 10.3. The van der Waals surface area contributed by atoms with Crippen LogP contribution >= 0.6 is 0 Å². The number of benzene rings is 1. The molecule has 0 fully saturated rings. The number of methoxy groups -OCH3 is 1. The third-order valence-electron chi connectivity index (χ3n) is 3.35. The average Bonchev–Trinajstić information content (AvgIpc) is 2.89. The Labute approximate surface area is 125 Å². The number of aromatic nitrogens is 1. The van der Waals surface area contributed by atoms with Crippen molar-refractivity contribution in [2.45, 2.75) is 39.5 Å². The Morgan fingerprint density at radius 3 is 2.52 bits per heavy atom. The van der Waals surface area contributed by atoms with Crippen molar-refractivity contribution >= 4 is 5.97 Å². The van der Waals surface area contributed by atoms with Crippen molar-refractivity contribution in [2.24, 2.45) is 0 Å². The molecule has 0 saturated heterocycles. The number of carbonyl (C=O) groups excluding carboxylic acids is 1. The predicted octanol–water partition coefficient (Wildman–Crippen LogP) is 3.51. The van der Waals surface area contributed by atoms with Gasteiger partial charge in [0.15, 0.2) is 5.89 Å². The van der Waals surface area contributed by atoms with Gasteiger partial charge in [-0.25, -0.2) is 9.78 Å². The van der Waals surface area contributed by atoms with Crippen LogP contribution in [0.4, 0.5) is 0 Å². The SMILES string of the molecule is CCCc1nc(CCc2ccc(C)cc2)oc1C(=O)OC. The number of hydrogen-bond acceptors (Lipinski definition) is 4. The molecule has 4 heteroatoms. The van der Waals surface area contributed by atoms with Crippen molar-refractivity contribution in [2.75, 3.05) is 7.11 Å². The minimum Gasteiger partial charge on any atom is -0.463 e. The fraction of sp³-hybridized carbons (Fsp3) is 0.412. The van der Waals surface area contributed by atoms with Gasteiger partial charge in [-0.15, -0.1) is 0 Å². The second kappa shape index (κ2) is 7.07. The molecular formula is C17H21NO3. The molecule has 0 bridgehead atoms. The van der Waals surface area contributed by atoms with Gasteiger partial charge in [-0.3, -0.25) is 0 Å². The zero-order valence-electron chi connectivity index (χ0n) is 12.8. The topological polar surface area (TPSA) is 52.3 Å². The summed E-state index contributed by atoms with van der Waals surface area (Å²) in [6.07, 6.45) is 3.15. The molecule has 0 atom stereocenters. The van der Waals surface area contributed by atoms with Gasteiger partial charge in [0.25, 0.3) is 0 Å². The Balaban J connectivity index is 2.09. The number of nitrogens with zero attached hydrogens (tertiary/aromatic N) is 1. The monoisotopic (exact) mass is 287 g/mol. The van der Waals surface area contributed by atoms with Crippen molar-refractivity contribution in [3.63, 3.8) is 0 Å². The van der Waals surface area contributed by atoms with Crippen LogP contribution in [0.25, 0.3) is 0 Å². The maximum absolute atomic E-state index is 11.7. The van der Waals surface area contributed by atoms with E-state index in [-0.39, 0.29) is 5.76 Å². The Morgan fingerprint density at radius 1 is 1.19 bits per heavy atom. The number of esters is 1. The van der Waals surface area contributed by atoms with E-state index in [1.165, 1.54) is 18.2 Å². The molecule has 0 saturated carbocycles. The highest BCUT2D eigenvalue weighted by Crippen LogP contribution is 2.16. The molecule has 0 aliphatic rings. The molecule has 0 spiro atoms. The molecule has 112 valence electrons. The summed E-state index contributed by atoms with van der Waals surface area (Å²) in [6.45, 7) is 4.11. The Hall–Kier alpha value is -2.10. The average molecular weight is 287 g/mol. The molecule has 1 aromatic carbocycles. The second-order valence-electron chi connectivity index (χ2n) is 5.11. The highest BCUT2D eigenvalue weighted by molar-refractivity contribution is 5.87. The van der Waals surface area contributed by atoms with E-state index in [9.17, 15) is 4.79 Å². The molecule has 1 heterocycles. The third-order valence-corrected chi connectivity index (χ3v) is 3.35. The lowest BCUT2D eigenvalue weighted by atomic mass is 10.1. The van der Waals surface area contributed by atoms with Gasteiger partial charge >= 0.3 is 5.97 Å². The van der Waals surface area contributed by atoms with E-state index in [2.05, 4.69) is 36.2 Å². The first-order valence-electron chi connectivity index (χ1n) is 7.26. The minimum atomic E-state index is -0.451. The van der Waals surface area contributed by atoms with Crippen LogP contribution in [0, 0.1) is 6.92 Å². The Bertz CT molecular complexity index is 599. The van der Waals surface area contributed by atoms with Crippen molar-refractivity contribution < 1.29 is 13.9 Å². The quantitative estimate of drug-likeness (QED) is 0.763. The van der Waals surface area contributed by atoms with Crippen LogP contribution in [0.2, 0.25) is 0 Å². The van der Waals surface area contributed by atoms with Gasteiger partial charge in [0.05, 0.1) is 12.8 Å². The van der Waals surface area contributed by atoms with Crippen LogP contribution in [-0.2, 0) is 24.0 Å². The van der Waals surface area contributed by atoms with Crippen LogP contribution in [0.15, 0.2) is 28.7 Å². The maximum atomic E-state index is 11.7. The number of rotatable bonds is 6. The minimum absolute atomic E-state index is 0.248. The van der Waals surface area contributed by atoms with Gasteiger partial charge in [0, 0.05) is 6.42 Å². The highest BCUT2D eigenvalue weighted by Gasteiger charge is 2.20. The molecule has 2 aromatic rings. The van der Waals surface area contributed by atoms with Gasteiger partial charge < -0.3 is 9.15 Å². The van der Waals surface area contributed by atoms with Crippen LogP contribution in [0.3, 0.4) is 0 Å². The molecular weight excluding hydrogens is 266 g/mol. The van der Waals surface area contributed by atoms with E-state index in [1.807, 2.05) is 6.92 Å². The Morgan fingerprint density at radius 2 is 1.90 bits per heavy atom. The largest absolute Gasteiger partial charge is 0.463 e. The molecule has 0 aliphatic heterocycles. The molecule has 4 nitrogen and oxygen atoms in total. The fourth-order valence-electron chi connectivity index (χ4n) is 2.17. The zero-order valence-corrected chi connectivity index (χ0v) is 12.8. The molecule has 0 radical (unpaired) electrons. The summed E-state index contributed by atoms with van der Waals surface area (Å²) >= 11 is 0. The van der Waals surface area contributed by atoms with Gasteiger partial charge in [-0.1, -0.05) is 43.2 Å². The van der Waals surface area contributed by atoms with E-state index in [0.29, 0.717) is 18.0 Å². The molecule has 2 rings (SSSR count). The van der Waals surface area contributed by atoms with Crippen molar-refractivity contribution in [1.82, 2.24) is 4.98 Å². The molecule has 0 aliphatic carbocycles. The summed E-state index contributed by atoms with van der Waals surface area (Å²) in [5.74, 6) is 0.394. The van der Waals surface area contributed by atoms with Gasteiger partial charge in [0.2, 0.25) is 5.76 Å². The first kappa shape index (κ1) is 15.3. The smallest absolute Gasteiger partial charge is 0.375 e. The highest BCUT2D eigenvalue weighted by atomic mass is 16.5. The van der Waals surface area contributed by atoms with Gasteiger partial charge in [0.1, 0.15) is 0 Å². The zero-order chi connectivity index (χ0) is 15.2. The molecule has 1 aromatic heterocycles. The number of aryl methyl sites for hydroxylation is 4. The predicted molar refractivity (Wildman–Crippen MR) is 80.4 cm³/mol. The van der Waals surface area contributed by atoms with E-state index in [1.54, 1.807) is 0 Å². The molecule has 0 unspecified atom stereocenters. The fourth-order valence-corrected chi connectivity index (χ4v) is 2.17. The summed E-state index contributed by atoms with van der Waals surface area (Å²) in [5.41, 5.74) is 3.17. The number of carbonyl (C=O) groups is 1. The van der Waals surface area contributed by atoms with E-state index in [0.717, 1.165) is 19.3 Å². The van der Waals surface area contributed by atoms with Crippen molar-refractivity contribution in [3.8, 4) is 0 Å². The molecule has 0 amide bonds. The number of hydrogen-bond donors (Lipinski definition) is 0. The van der Waals surface area contributed by atoms with Crippen LogP contribution < -0.4 is 0 Å². The van der Waals surface area contributed by atoms with Crippen LogP contribution in [-0.4, -0.2) is 18.1 Å². The van der Waals surface area contributed by atoms with E-state index >= 15 is 0 Å². The number of ether oxygens (including phenoxy) is 1. The summed E-state index contributed by atoms with van der Waals surface area (Å²) in [6, 6.07) is 8.39. The molecule has 0 N–H and O–H groups in total. The van der Waals surface area contributed by atoms with E-state index in [4.69, 9.17) is 9.15 Å². The van der Waals surface area contributed by atoms with Crippen molar-refractivity contribution in [1.29, 1.82) is 0 Å². The van der Waals surface area contributed by atoms with Crippen LogP contribution in [0.5, 0.6) is 0 Å². The lowest BCUT2D eigenvalue weighted by Crippen LogP contribution is -2.03. The normalized spacial score (nSPS) is 10.6. The number of oxazole rings is 1. The first-order chi connectivity index (χ1) is 10.1.